The number of fused-ring (bicyclic) bond motifs is 5. The highest BCUT2D eigenvalue weighted by atomic mass is 79.9. The van der Waals surface area contributed by atoms with Crippen LogP contribution in [-0.2, 0) is 30.4 Å². The number of Topliss-reactive ketones (excluding diaryl/α,β-unsaturated/α-hetero) is 1. The van der Waals surface area contributed by atoms with Gasteiger partial charge < -0.3 is 29.9 Å². The summed E-state index contributed by atoms with van der Waals surface area (Å²) < 4.78 is 8.38. The number of aromatic nitrogens is 6. The summed E-state index contributed by atoms with van der Waals surface area (Å²) in [6.07, 6.45) is 12.5. The normalized spacial score (nSPS) is 11.8. The van der Waals surface area contributed by atoms with Crippen LogP contribution in [0.15, 0.2) is 212 Å². The molecule has 23 heteroatoms. The maximum absolute atomic E-state index is 12.7. The molecule has 6 heterocycles. The van der Waals surface area contributed by atoms with E-state index in [9.17, 15) is 39.3 Å². The number of aryl methyl sites for hydroxylation is 1. The molecule has 11 rings (SSSR count). The number of aliphatic carboxylic acids is 4. The lowest BCUT2D eigenvalue weighted by atomic mass is 10.0. The topological polar surface area (TPSA) is 262 Å². The van der Waals surface area contributed by atoms with Crippen LogP contribution in [0, 0.1) is 12.8 Å². The van der Waals surface area contributed by atoms with Gasteiger partial charge in [-0.3, -0.25) is 53.9 Å². The first-order valence-electron chi connectivity index (χ1n) is 30.7. The van der Waals surface area contributed by atoms with Gasteiger partial charge >= 0.3 is 23.9 Å². The molecule has 0 saturated heterocycles. The first-order chi connectivity index (χ1) is 46.3. The summed E-state index contributed by atoms with van der Waals surface area (Å²) in [5.74, 6) is -1.83. The van der Waals surface area contributed by atoms with Gasteiger partial charge in [0.2, 0.25) is 0 Å². The molecule has 5 aromatic carbocycles. The van der Waals surface area contributed by atoms with Crippen LogP contribution >= 0.6 is 74.7 Å². The van der Waals surface area contributed by atoms with Crippen LogP contribution in [0.1, 0.15) is 80.4 Å². The van der Waals surface area contributed by atoms with Crippen molar-refractivity contribution in [3.05, 3.63) is 199 Å². The Morgan fingerprint density at radius 3 is 1.29 bits per heavy atom. The molecule has 1 atom stereocenters. The number of ketones is 1. The van der Waals surface area contributed by atoms with E-state index in [1.54, 1.807) is 117 Å². The number of carbonyl (C=O) groups is 5. The Hall–Kier alpha value is -8.32. The molecule has 510 valence electrons. The Bertz CT molecular complexity index is 4650. The summed E-state index contributed by atoms with van der Waals surface area (Å²) in [7, 11) is 3.13. The van der Waals surface area contributed by atoms with Crippen molar-refractivity contribution in [3.8, 4) is 11.5 Å². The molecular weight excluding hydrogens is 1400 g/mol. The molecule has 4 N–H and O–H groups in total. The van der Waals surface area contributed by atoms with Crippen LogP contribution in [0.25, 0.3) is 54.5 Å². The van der Waals surface area contributed by atoms with Crippen molar-refractivity contribution in [1.82, 2.24) is 29.9 Å². The molecule has 0 aliphatic rings. The molecule has 6 aromatic heterocycles. The predicted octanol–water partition coefficient (Wildman–Crippen LogP) is 18.4. The van der Waals surface area contributed by atoms with Crippen LogP contribution in [0.3, 0.4) is 0 Å². The summed E-state index contributed by atoms with van der Waals surface area (Å²) >= 11 is 10.4. The highest BCUT2D eigenvalue weighted by Crippen LogP contribution is 2.43. The number of methoxy groups -OCH3 is 2. The molecule has 17 nitrogen and oxygen atoms in total. The number of carbonyl (C=O) groups excluding carboxylic acids is 1. The lowest BCUT2D eigenvalue weighted by molar-refractivity contribution is -0.139. The summed E-state index contributed by atoms with van der Waals surface area (Å²) in [6, 6.07) is 44.4. The number of rotatable bonds is 20. The van der Waals surface area contributed by atoms with Crippen molar-refractivity contribution in [2.75, 3.05) is 14.2 Å². The molecule has 0 saturated carbocycles. The molecule has 0 aliphatic carbocycles. The maximum Gasteiger partial charge on any atom is 0.319 e. The van der Waals surface area contributed by atoms with Crippen LogP contribution < -0.4 is 9.47 Å². The van der Waals surface area contributed by atoms with E-state index < -0.39 is 48.1 Å². The molecule has 0 radical (unpaired) electrons. The largest absolute Gasteiger partial charge is 0.493 e. The average molecular weight is 1480 g/mol. The number of carboxylic acid groups (broad SMARTS) is 4. The Labute approximate surface area is 599 Å². The maximum atomic E-state index is 12.7. The fraction of sp³-hybridized carbons (Fsp3) is 0.267. The van der Waals surface area contributed by atoms with E-state index in [0.29, 0.717) is 17.9 Å². The number of thioether (sulfide) groups is 5. The second-order valence-corrected chi connectivity index (χ2v) is 33.2. The SMILES string of the molecule is CC(C)(Sc1ccnc2ccccc12)C(=O)Cc1cccnc1.CC(C)(Sc1ccnc2ccccc12)C(=O)O.CC(C)C(Sc1ccnc2ccc(Br)cc12)C(=O)O.COc1cc2nccc(SC(C)(C)C(=O)O)c2cc1OC.Cc1ccc2nccc(SC(C)(C)C(=O)O)c2c1. The van der Waals surface area contributed by atoms with E-state index >= 15 is 0 Å². The predicted molar refractivity (Wildman–Crippen MR) is 402 cm³/mol. The molecule has 11 aromatic rings. The van der Waals surface area contributed by atoms with Crippen molar-refractivity contribution in [1.29, 1.82) is 0 Å². The number of carboxylic acids is 4. The first-order valence-corrected chi connectivity index (χ1v) is 35.6. The quantitative estimate of drug-likeness (QED) is 0.0517. The van der Waals surface area contributed by atoms with Crippen LogP contribution in [0.2, 0.25) is 0 Å². The Balaban J connectivity index is 0.000000173. The summed E-state index contributed by atoms with van der Waals surface area (Å²) in [6.45, 7) is 20.0. The summed E-state index contributed by atoms with van der Waals surface area (Å²) in [5.41, 5.74) is 6.44. The molecule has 0 bridgehead atoms. The fourth-order valence-electron chi connectivity index (χ4n) is 9.17. The lowest BCUT2D eigenvalue weighted by Crippen LogP contribution is -2.29. The van der Waals surface area contributed by atoms with E-state index in [-0.39, 0.29) is 11.7 Å². The highest BCUT2D eigenvalue weighted by molar-refractivity contribution is 9.10. The van der Waals surface area contributed by atoms with Gasteiger partial charge in [-0.25, -0.2) is 0 Å². The van der Waals surface area contributed by atoms with E-state index in [2.05, 4.69) is 45.8 Å². The third-order valence-electron chi connectivity index (χ3n) is 14.8. The minimum absolute atomic E-state index is 0.0675. The molecule has 1 unspecified atom stereocenters. The smallest absolute Gasteiger partial charge is 0.319 e. The monoisotopic (exact) mass is 1480 g/mol. The van der Waals surface area contributed by atoms with Crippen LogP contribution in [0.5, 0.6) is 11.5 Å². The van der Waals surface area contributed by atoms with E-state index in [4.69, 9.17) is 14.6 Å². The van der Waals surface area contributed by atoms with Crippen molar-refractivity contribution >= 4 is 159 Å². The Kier molecular flexibility index (Phi) is 27.1. The molecule has 0 spiro atoms. The summed E-state index contributed by atoms with van der Waals surface area (Å²) in [4.78, 5) is 88.0. The average Bonchev–Trinajstić information content (AvgIpc) is 0.815. The Morgan fingerprint density at radius 1 is 0.449 bits per heavy atom. The molecule has 0 amide bonds. The third-order valence-corrected chi connectivity index (χ3v) is 22.0. The van der Waals surface area contributed by atoms with Gasteiger partial charge in [0.25, 0.3) is 0 Å². The number of benzene rings is 5. The van der Waals surface area contributed by atoms with E-state index in [1.807, 2.05) is 168 Å². The van der Waals surface area contributed by atoms with Crippen molar-refractivity contribution in [2.24, 2.45) is 5.92 Å². The van der Waals surface area contributed by atoms with Gasteiger partial charge in [-0.05, 0) is 159 Å². The zero-order chi connectivity index (χ0) is 71.7. The van der Waals surface area contributed by atoms with Gasteiger partial charge in [0.15, 0.2) is 17.3 Å². The van der Waals surface area contributed by atoms with Gasteiger partial charge in [0, 0.05) is 112 Å². The first kappa shape index (κ1) is 77.0. The number of ether oxygens (including phenoxy) is 2. The minimum Gasteiger partial charge on any atom is -0.493 e. The molecular formula is C75H77BrN6O11S5. The number of hydrogen-bond donors (Lipinski definition) is 4. The van der Waals surface area contributed by atoms with Crippen LogP contribution in [0.4, 0.5) is 0 Å². The number of halogens is 1. The van der Waals surface area contributed by atoms with Crippen molar-refractivity contribution in [2.45, 2.75) is 131 Å². The van der Waals surface area contributed by atoms with E-state index in [0.717, 1.165) is 94.6 Å². The zero-order valence-electron chi connectivity index (χ0n) is 56.4. The zero-order valence-corrected chi connectivity index (χ0v) is 62.1. The minimum atomic E-state index is -0.929. The standard InChI is InChI=1S/C19H18N2OS.C15H17NO4S.C14H14BrNO2S.C14H15NO2S.C13H13NO2S/c1-19(2,18(22)12-14-6-5-10-20-13-14)23-17-9-11-21-16-8-4-3-7-15(16)17;1-15(2,14(17)18)21-13-5-6-16-10-8-12(20-4)11(19-3)7-9(10)13;1-8(2)13(14(17)18)19-12-5-6-16-11-4-3-9(15)7-10(11)12;1-9-4-5-11-10(8-9)12(6-7-15-11)18-14(2,3)13(16)17;1-13(2,12(15)16)17-11-7-8-14-10-6-4-3-5-9(10)11/h3-11,13H,12H2,1-2H3;5-8H,1-4H3,(H,17,18);3-8,13H,1-2H3,(H,17,18);4-8H,1-3H3,(H,16,17);3-8H,1-2H3,(H,15,16). The van der Waals surface area contributed by atoms with Crippen molar-refractivity contribution < 1.29 is 53.9 Å². The van der Waals surface area contributed by atoms with Gasteiger partial charge in [0.05, 0.1) is 46.6 Å². The van der Waals surface area contributed by atoms with Gasteiger partial charge in [-0.15, -0.1) is 58.8 Å². The van der Waals surface area contributed by atoms with Crippen LogP contribution in [-0.4, -0.2) is 118 Å². The number of para-hydroxylation sites is 2. The van der Waals surface area contributed by atoms with Gasteiger partial charge in [-0.2, -0.15) is 0 Å². The third kappa shape index (κ3) is 20.9. The lowest BCUT2D eigenvalue weighted by Gasteiger charge is -2.23. The highest BCUT2D eigenvalue weighted by Gasteiger charge is 2.33. The summed E-state index contributed by atoms with van der Waals surface area (Å²) in [5, 5.41) is 41.4. The molecule has 0 fully saturated rings. The number of nitrogens with zero attached hydrogens (tertiary/aromatic N) is 6. The van der Waals surface area contributed by atoms with Crippen molar-refractivity contribution in [3.63, 3.8) is 0 Å². The molecule has 0 aliphatic heterocycles. The molecule has 98 heavy (non-hydrogen) atoms. The number of hydrogen-bond acceptors (Lipinski definition) is 18. The fourth-order valence-corrected chi connectivity index (χ4v) is 14.9. The van der Waals surface area contributed by atoms with Gasteiger partial charge in [0.1, 0.15) is 19.5 Å². The Morgan fingerprint density at radius 2 is 0.847 bits per heavy atom. The second-order valence-electron chi connectivity index (χ2n) is 24.4. The van der Waals surface area contributed by atoms with E-state index in [1.165, 1.54) is 47.0 Å². The number of pyridine rings is 6. The van der Waals surface area contributed by atoms with Gasteiger partial charge in [-0.1, -0.05) is 83.9 Å². The second kappa shape index (κ2) is 34.4.